The molecule has 0 saturated carbocycles. The van der Waals surface area contributed by atoms with Crippen molar-refractivity contribution in [3.63, 3.8) is 0 Å². The highest BCUT2D eigenvalue weighted by Gasteiger charge is 2.18. The van der Waals surface area contributed by atoms with E-state index in [-0.39, 0.29) is 0 Å². The number of nitrogens with one attached hydrogen (secondary N) is 1. The van der Waals surface area contributed by atoms with Crippen molar-refractivity contribution in [2.75, 3.05) is 4.72 Å². The third-order valence-corrected chi connectivity index (χ3v) is 6.83. The second kappa shape index (κ2) is 5.64. The molecule has 0 aliphatic heterocycles. The second-order valence-electron chi connectivity index (χ2n) is 4.12. The zero-order valence-electron chi connectivity index (χ0n) is 10.6. The summed E-state index contributed by atoms with van der Waals surface area (Å²) in [5.41, 5.74) is 1.55. The third-order valence-electron chi connectivity index (χ3n) is 2.69. The summed E-state index contributed by atoms with van der Waals surface area (Å²) in [4.78, 5) is 1.06. The highest BCUT2D eigenvalue weighted by atomic mass is 79.9. The van der Waals surface area contributed by atoms with Crippen LogP contribution in [0.5, 0.6) is 0 Å². The molecule has 0 amide bonds. The van der Waals surface area contributed by atoms with Gasteiger partial charge < -0.3 is 0 Å². The first-order chi connectivity index (χ1) is 8.94. The molecule has 0 aliphatic carbocycles. The third kappa shape index (κ3) is 3.19. The molecule has 2 rings (SSSR count). The maximum absolute atomic E-state index is 12.3. The number of hydrogen-bond acceptors (Lipinski definition) is 3. The standard InChI is InChI=1S/C13H14BrNO2S2/c1-3-10-7-8-12(18-10)19(16,17)15-11-6-4-5-9(2)13(11)14/h4-8,15H,3H2,1-2H3. The van der Waals surface area contributed by atoms with Crippen LogP contribution in [0.3, 0.4) is 0 Å². The number of benzene rings is 1. The molecule has 6 heteroatoms. The van der Waals surface area contributed by atoms with Crippen LogP contribution in [0.15, 0.2) is 39.0 Å². The Labute approximate surface area is 125 Å². The maximum atomic E-state index is 12.3. The van der Waals surface area contributed by atoms with E-state index in [1.807, 2.05) is 32.0 Å². The Kier molecular flexibility index (Phi) is 4.32. The van der Waals surface area contributed by atoms with Gasteiger partial charge in [0.15, 0.2) is 0 Å². The largest absolute Gasteiger partial charge is 0.278 e. The van der Waals surface area contributed by atoms with Crippen molar-refractivity contribution in [2.24, 2.45) is 0 Å². The lowest BCUT2D eigenvalue weighted by atomic mass is 10.2. The van der Waals surface area contributed by atoms with E-state index in [2.05, 4.69) is 20.7 Å². The van der Waals surface area contributed by atoms with Crippen molar-refractivity contribution in [3.8, 4) is 0 Å². The average molecular weight is 360 g/mol. The molecule has 0 saturated heterocycles. The first-order valence-corrected chi connectivity index (χ1v) is 8.90. The normalized spacial score (nSPS) is 11.5. The van der Waals surface area contributed by atoms with Crippen LogP contribution in [0.25, 0.3) is 0 Å². The minimum Gasteiger partial charge on any atom is -0.278 e. The monoisotopic (exact) mass is 359 g/mol. The van der Waals surface area contributed by atoms with Gasteiger partial charge in [0, 0.05) is 9.35 Å². The van der Waals surface area contributed by atoms with Gasteiger partial charge in [-0.2, -0.15) is 0 Å². The van der Waals surface area contributed by atoms with Crippen molar-refractivity contribution in [3.05, 3.63) is 45.2 Å². The maximum Gasteiger partial charge on any atom is 0.271 e. The number of halogens is 1. The van der Waals surface area contributed by atoms with E-state index in [1.165, 1.54) is 11.3 Å². The van der Waals surface area contributed by atoms with Crippen molar-refractivity contribution < 1.29 is 8.42 Å². The van der Waals surface area contributed by atoms with E-state index in [1.54, 1.807) is 12.1 Å². The van der Waals surface area contributed by atoms with Gasteiger partial charge >= 0.3 is 0 Å². The van der Waals surface area contributed by atoms with Crippen LogP contribution in [0.1, 0.15) is 17.4 Å². The summed E-state index contributed by atoms with van der Waals surface area (Å²) in [7, 11) is -3.50. The highest BCUT2D eigenvalue weighted by Crippen LogP contribution is 2.29. The molecule has 0 bridgehead atoms. The van der Waals surface area contributed by atoms with Gasteiger partial charge in [-0.3, -0.25) is 4.72 Å². The Morgan fingerprint density at radius 2 is 2.00 bits per heavy atom. The number of thiophene rings is 1. The molecule has 1 aromatic carbocycles. The van der Waals surface area contributed by atoms with Gasteiger partial charge in [-0.05, 0) is 53.0 Å². The smallest absolute Gasteiger partial charge is 0.271 e. The predicted molar refractivity (Wildman–Crippen MR) is 83.4 cm³/mol. The zero-order valence-corrected chi connectivity index (χ0v) is 13.8. The molecule has 0 aliphatic rings. The molecule has 0 atom stereocenters. The Morgan fingerprint density at radius 1 is 1.26 bits per heavy atom. The summed E-state index contributed by atoms with van der Waals surface area (Å²) in [6.07, 6.45) is 0.842. The van der Waals surface area contributed by atoms with E-state index < -0.39 is 10.0 Å². The quantitative estimate of drug-likeness (QED) is 0.889. The molecule has 0 radical (unpaired) electrons. The fourth-order valence-electron chi connectivity index (χ4n) is 1.61. The topological polar surface area (TPSA) is 46.2 Å². The SMILES string of the molecule is CCc1ccc(S(=O)(=O)Nc2cccc(C)c2Br)s1. The molecule has 0 unspecified atom stereocenters. The van der Waals surface area contributed by atoms with E-state index >= 15 is 0 Å². The van der Waals surface area contributed by atoms with Crippen LogP contribution in [-0.2, 0) is 16.4 Å². The molecule has 102 valence electrons. The Morgan fingerprint density at radius 3 is 2.63 bits per heavy atom. The van der Waals surface area contributed by atoms with Crippen LogP contribution in [0, 0.1) is 6.92 Å². The predicted octanol–water partition coefficient (Wildman–Crippen LogP) is 4.18. The van der Waals surface area contributed by atoms with Crippen molar-refractivity contribution in [1.82, 2.24) is 0 Å². The molecule has 1 N–H and O–H groups in total. The van der Waals surface area contributed by atoms with Gasteiger partial charge in [0.2, 0.25) is 0 Å². The molecule has 0 fully saturated rings. The molecule has 3 nitrogen and oxygen atoms in total. The Balaban J connectivity index is 2.33. The van der Waals surface area contributed by atoms with Gasteiger partial charge in [-0.15, -0.1) is 11.3 Å². The highest BCUT2D eigenvalue weighted by molar-refractivity contribution is 9.10. The lowest BCUT2D eigenvalue weighted by molar-refractivity contribution is 0.603. The fourth-order valence-corrected chi connectivity index (χ4v) is 4.48. The van der Waals surface area contributed by atoms with Gasteiger partial charge in [0.1, 0.15) is 4.21 Å². The summed E-state index contributed by atoms with van der Waals surface area (Å²) in [5, 5.41) is 0. The number of sulfonamides is 1. The summed E-state index contributed by atoms with van der Waals surface area (Å²) in [6.45, 7) is 3.93. The minimum atomic E-state index is -3.50. The first-order valence-electron chi connectivity index (χ1n) is 5.80. The van der Waals surface area contributed by atoms with Crippen LogP contribution < -0.4 is 4.72 Å². The zero-order chi connectivity index (χ0) is 14.0. The molecule has 1 aromatic heterocycles. The van der Waals surface area contributed by atoms with Crippen LogP contribution in [0.4, 0.5) is 5.69 Å². The number of hydrogen-bond donors (Lipinski definition) is 1. The van der Waals surface area contributed by atoms with E-state index in [0.29, 0.717) is 9.90 Å². The van der Waals surface area contributed by atoms with E-state index in [0.717, 1.165) is 21.3 Å². The lowest BCUT2D eigenvalue weighted by Gasteiger charge is -2.09. The lowest BCUT2D eigenvalue weighted by Crippen LogP contribution is -2.12. The molecular formula is C13H14BrNO2S2. The van der Waals surface area contributed by atoms with E-state index in [9.17, 15) is 8.42 Å². The van der Waals surface area contributed by atoms with Gasteiger partial charge in [0.25, 0.3) is 10.0 Å². The van der Waals surface area contributed by atoms with Gasteiger partial charge in [-0.25, -0.2) is 8.42 Å². The first kappa shape index (κ1) is 14.6. The average Bonchev–Trinajstić information content (AvgIpc) is 2.84. The van der Waals surface area contributed by atoms with Crippen LogP contribution in [0.2, 0.25) is 0 Å². The molecular weight excluding hydrogens is 346 g/mol. The van der Waals surface area contributed by atoms with Crippen LogP contribution >= 0.6 is 27.3 Å². The number of aryl methyl sites for hydroxylation is 2. The molecule has 19 heavy (non-hydrogen) atoms. The van der Waals surface area contributed by atoms with Crippen molar-refractivity contribution in [1.29, 1.82) is 0 Å². The summed E-state index contributed by atoms with van der Waals surface area (Å²) < 4.78 is 28.3. The number of rotatable bonds is 4. The molecule has 2 aromatic rings. The summed E-state index contributed by atoms with van der Waals surface area (Å²) >= 11 is 4.70. The minimum absolute atomic E-state index is 0.345. The summed E-state index contributed by atoms with van der Waals surface area (Å²) in [6, 6.07) is 8.98. The fraction of sp³-hybridized carbons (Fsp3) is 0.231. The second-order valence-corrected chi connectivity index (χ2v) is 7.99. The Hall–Kier alpha value is -0.850. The van der Waals surface area contributed by atoms with Gasteiger partial charge in [0.05, 0.1) is 5.69 Å². The molecule has 0 spiro atoms. The molecule has 1 heterocycles. The number of anilines is 1. The van der Waals surface area contributed by atoms with E-state index in [4.69, 9.17) is 0 Å². The summed E-state index contributed by atoms with van der Waals surface area (Å²) in [5.74, 6) is 0. The van der Waals surface area contributed by atoms with Crippen molar-refractivity contribution >= 4 is 43.0 Å². The van der Waals surface area contributed by atoms with Crippen LogP contribution in [-0.4, -0.2) is 8.42 Å². The van der Waals surface area contributed by atoms with Gasteiger partial charge in [-0.1, -0.05) is 19.1 Å². The Bertz CT molecular complexity index is 692. The van der Waals surface area contributed by atoms with Crippen molar-refractivity contribution in [2.45, 2.75) is 24.5 Å².